The van der Waals surface area contributed by atoms with Crippen molar-refractivity contribution in [1.82, 2.24) is 15.6 Å². The van der Waals surface area contributed by atoms with E-state index in [1.807, 2.05) is 19.9 Å². The maximum absolute atomic E-state index is 13.0. The average molecular weight is 519 g/mol. The maximum atomic E-state index is 13.0. The molecule has 6 N–H and O–H groups in total. The molecule has 2 atom stereocenters. The molecule has 2 amide bonds. The minimum Gasteiger partial charge on any atom is -0.446 e. The number of amides is 2. The van der Waals surface area contributed by atoms with Crippen LogP contribution in [0.1, 0.15) is 81.8 Å². The number of unbranched alkanes of at least 4 members (excludes halogenated alkanes) is 1. The lowest BCUT2D eigenvalue weighted by atomic mass is 9.98. The van der Waals surface area contributed by atoms with Gasteiger partial charge < -0.3 is 26.5 Å². The van der Waals surface area contributed by atoms with Crippen LogP contribution in [0, 0.1) is 5.92 Å². The molecule has 1 aromatic heterocycles. The van der Waals surface area contributed by atoms with Crippen LogP contribution in [-0.4, -0.2) is 41.6 Å². The van der Waals surface area contributed by atoms with Crippen molar-refractivity contribution in [3.8, 4) is 0 Å². The number of ketones is 1. The van der Waals surface area contributed by atoms with E-state index in [1.54, 1.807) is 48.5 Å². The molecule has 10 heteroatoms. The van der Waals surface area contributed by atoms with Crippen molar-refractivity contribution >= 4 is 23.6 Å². The van der Waals surface area contributed by atoms with Gasteiger partial charge in [-0.2, -0.15) is 0 Å². The molecule has 0 fully saturated rings. The smallest absolute Gasteiger partial charge is 0.273 e. The molecule has 0 unspecified atom stereocenters. The van der Waals surface area contributed by atoms with Crippen LogP contribution < -0.4 is 22.1 Å². The van der Waals surface area contributed by atoms with Crippen LogP contribution in [0.15, 0.2) is 70.3 Å². The number of guanidine groups is 1. The van der Waals surface area contributed by atoms with E-state index in [9.17, 15) is 14.4 Å². The normalized spacial score (nSPS) is 12.3. The second kappa shape index (κ2) is 13.7. The zero-order valence-electron chi connectivity index (χ0n) is 21.6. The monoisotopic (exact) mass is 518 g/mol. The highest BCUT2D eigenvalue weighted by molar-refractivity contribution is 6.09. The highest BCUT2D eigenvalue weighted by atomic mass is 16.3. The number of aliphatic imine (C=N–C) groups is 1. The summed E-state index contributed by atoms with van der Waals surface area (Å²) < 4.78 is 5.60. The molecule has 2 aromatic carbocycles. The molecule has 3 rings (SSSR count). The Hall–Kier alpha value is -4.47. The second-order valence-electron chi connectivity index (χ2n) is 8.95. The summed E-state index contributed by atoms with van der Waals surface area (Å²) >= 11 is 0. The number of carbonyl (C=O) groups excluding carboxylic acids is 3. The predicted molar refractivity (Wildman–Crippen MR) is 145 cm³/mol. The van der Waals surface area contributed by atoms with E-state index in [1.165, 1.54) is 6.26 Å². The molecule has 0 bridgehead atoms. The number of rotatable bonds is 13. The van der Waals surface area contributed by atoms with Crippen molar-refractivity contribution in [3.05, 3.63) is 89.1 Å². The van der Waals surface area contributed by atoms with E-state index in [4.69, 9.17) is 15.9 Å². The van der Waals surface area contributed by atoms with Crippen molar-refractivity contribution in [3.63, 3.8) is 0 Å². The van der Waals surface area contributed by atoms with E-state index in [0.717, 1.165) is 12.8 Å². The summed E-state index contributed by atoms with van der Waals surface area (Å²) in [5, 5.41) is 5.75. The number of oxazole rings is 1. The number of hydrogen-bond acceptors (Lipinski definition) is 6. The van der Waals surface area contributed by atoms with Crippen LogP contribution in [0.5, 0.6) is 0 Å². The van der Waals surface area contributed by atoms with E-state index < -0.39 is 6.04 Å². The third-order valence-corrected chi connectivity index (χ3v) is 6.13. The minimum atomic E-state index is -0.542. The fourth-order valence-electron chi connectivity index (χ4n) is 3.71. The highest BCUT2D eigenvalue weighted by Crippen LogP contribution is 2.25. The van der Waals surface area contributed by atoms with Crippen LogP contribution in [0.2, 0.25) is 0 Å². The van der Waals surface area contributed by atoms with Gasteiger partial charge in [-0.3, -0.25) is 19.4 Å². The number of carbonyl (C=O) groups is 3. The molecule has 3 aromatic rings. The Morgan fingerprint density at radius 2 is 1.61 bits per heavy atom. The van der Waals surface area contributed by atoms with E-state index in [2.05, 4.69) is 20.6 Å². The lowest BCUT2D eigenvalue weighted by Gasteiger charge is -2.21. The predicted octanol–water partition coefficient (Wildman–Crippen LogP) is 3.21. The van der Waals surface area contributed by atoms with Gasteiger partial charge in [-0.1, -0.05) is 62.7 Å². The SMILES string of the molecule is CC[C@H](C)[C@H](NC(=O)c1ccc(C(=O)c2ccccc2)cc1)c1nc(C(=O)NCCCCN=C(N)N)co1. The third kappa shape index (κ3) is 7.76. The van der Waals surface area contributed by atoms with Crippen molar-refractivity contribution in [1.29, 1.82) is 0 Å². The van der Waals surface area contributed by atoms with Gasteiger partial charge in [0, 0.05) is 29.8 Å². The van der Waals surface area contributed by atoms with Gasteiger partial charge in [0.2, 0.25) is 5.89 Å². The minimum absolute atomic E-state index is 0.0111. The van der Waals surface area contributed by atoms with Gasteiger partial charge in [0.15, 0.2) is 17.4 Å². The lowest BCUT2D eigenvalue weighted by molar-refractivity contribution is 0.0911. The Labute approximate surface area is 221 Å². The Bertz CT molecular complexity index is 1250. The number of aromatic nitrogens is 1. The molecule has 0 aliphatic carbocycles. The first kappa shape index (κ1) is 28.1. The molecule has 0 saturated carbocycles. The van der Waals surface area contributed by atoms with Gasteiger partial charge in [-0.25, -0.2) is 4.98 Å². The molecule has 0 saturated heterocycles. The first-order valence-electron chi connectivity index (χ1n) is 12.6. The molecule has 1 heterocycles. The number of nitrogens with one attached hydrogen (secondary N) is 2. The maximum Gasteiger partial charge on any atom is 0.273 e. The summed E-state index contributed by atoms with van der Waals surface area (Å²) in [4.78, 5) is 46.4. The van der Waals surface area contributed by atoms with Gasteiger partial charge in [-0.05, 0) is 30.9 Å². The summed E-state index contributed by atoms with van der Waals surface area (Å²) in [6.07, 6.45) is 3.46. The number of hydrogen-bond donors (Lipinski definition) is 4. The van der Waals surface area contributed by atoms with Crippen LogP contribution in [-0.2, 0) is 0 Å². The zero-order valence-corrected chi connectivity index (χ0v) is 21.6. The van der Waals surface area contributed by atoms with Gasteiger partial charge in [-0.15, -0.1) is 0 Å². The van der Waals surface area contributed by atoms with Gasteiger partial charge in [0.1, 0.15) is 12.3 Å². The van der Waals surface area contributed by atoms with Gasteiger partial charge in [0.05, 0.1) is 0 Å². The Balaban J connectivity index is 1.62. The third-order valence-electron chi connectivity index (χ3n) is 6.13. The Kier molecular flexibility index (Phi) is 10.2. The van der Waals surface area contributed by atoms with Crippen molar-refractivity contribution < 1.29 is 18.8 Å². The van der Waals surface area contributed by atoms with Crippen LogP contribution in [0.4, 0.5) is 0 Å². The zero-order chi connectivity index (χ0) is 27.5. The van der Waals surface area contributed by atoms with E-state index in [-0.39, 0.29) is 41.1 Å². The van der Waals surface area contributed by atoms with Gasteiger partial charge >= 0.3 is 0 Å². The Morgan fingerprint density at radius 1 is 0.947 bits per heavy atom. The van der Waals surface area contributed by atoms with Crippen molar-refractivity contribution in [2.24, 2.45) is 22.4 Å². The number of nitrogens with two attached hydrogens (primary N) is 2. The van der Waals surface area contributed by atoms with Crippen LogP contribution >= 0.6 is 0 Å². The Morgan fingerprint density at radius 3 is 2.26 bits per heavy atom. The fourth-order valence-corrected chi connectivity index (χ4v) is 3.71. The molecule has 200 valence electrons. The second-order valence-corrected chi connectivity index (χ2v) is 8.95. The topological polar surface area (TPSA) is 166 Å². The molecule has 0 spiro atoms. The standard InChI is InChI=1S/C28H34N6O4/c1-3-18(2)23(27-33-22(17-38-27)26(37)31-15-7-8-16-32-28(29)30)34-25(36)21-13-11-20(12-14-21)24(35)19-9-5-4-6-10-19/h4-6,9-14,17-18,23H,3,7-8,15-16H2,1-2H3,(H,31,37)(H,34,36)(H4,29,30,32)/t18-,23-/m0/s1. The molecular formula is C28H34N6O4. The number of nitrogens with zero attached hydrogens (tertiary/aromatic N) is 2. The first-order valence-corrected chi connectivity index (χ1v) is 12.6. The molecular weight excluding hydrogens is 484 g/mol. The van der Waals surface area contributed by atoms with Crippen LogP contribution in [0.3, 0.4) is 0 Å². The lowest BCUT2D eigenvalue weighted by Crippen LogP contribution is -2.33. The summed E-state index contributed by atoms with van der Waals surface area (Å²) in [6, 6.07) is 14.9. The van der Waals surface area contributed by atoms with Crippen LogP contribution in [0.25, 0.3) is 0 Å². The van der Waals surface area contributed by atoms with Gasteiger partial charge in [0.25, 0.3) is 11.8 Å². The summed E-state index contributed by atoms with van der Waals surface area (Å²) in [5.41, 5.74) is 12.2. The first-order chi connectivity index (χ1) is 18.3. The molecule has 38 heavy (non-hydrogen) atoms. The van der Waals surface area contributed by atoms with E-state index in [0.29, 0.717) is 36.2 Å². The highest BCUT2D eigenvalue weighted by Gasteiger charge is 2.27. The molecule has 0 aliphatic heterocycles. The summed E-state index contributed by atoms with van der Waals surface area (Å²) in [5.74, 6) is -0.533. The molecule has 0 aliphatic rings. The van der Waals surface area contributed by atoms with E-state index >= 15 is 0 Å². The summed E-state index contributed by atoms with van der Waals surface area (Å²) in [7, 11) is 0. The van der Waals surface area contributed by atoms with Crippen molar-refractivity contribution in [2.75, 3.05) is 13.1 Å². The number of benzene rings is 2. The molecule has 0 radical (unpaired) electrons. The fraction of sp³-hybridized carbons (Fsp3) is 0.321. The molecule has 10 nitrogen and oxygen atoms in total. The summed E-state index contributed by atoms with van der Waals surface area (Å²) in [6.45, 7) is 4.89. The quantitative estimate of drug-likeness (QED) is 0.117. The largest absolute Gasteiger partial charge is 0.446 e. The van der Waals surface area contributed by atoms with Crippen molar-refractivity contribution in [2.45, 2.75) is 39.2 Å². The average Bonchev–Trinajstić information content (AvgIpc) is 3.43.